The van der Waals surface area contributed by atoms with Crippen LogP contribution in [0.2, 0.25) is 0 Å². The lowest BCUT2D eigenvalue weighted by molar-refractivity contribution is 1.08. The minimum absolute atomic E-state index is 0.642. The summed E-state index contributed by atoms with van der Waals surface area (Å²) in [6.07, 6.45) is 0. The van der Waals surface area contributed by atoms with Gasteiger partial charge in [0.1, 0.15) is 0 Å². The minimum Gasteiger partial charge on any atom is -0.309 e. The van der Waals surface area contributed by atoms with Gasteiger partial charge in [-0.2, -0.15) is 0 Å². The van der Waals surface area contributed by atoms with Crippen LogP contribution >= 0.6 is 22.7 Å². The molecule has 4 nitrogen and oxygen atoms in total. The number of rotatable bonds is 5. The summed E-state index contributed by atoms with van der Waals surface area (Å²) in [5.74, 6) is 1.96. The molecule has 0 unspecified atom stereocenters. The highest BCUT2D eigenvalue weighted by atomic mass is 32.1. The molecule has 57 heavy (non-hydrogen) atoms. The van der Waals surface area contributed by atoms with Crippen molar-refractivity contribution in [2.75, 3.05) is 0 Å². The van der Waals surface area contributed by atoms with Gasteiger partial charge >= 0.3 is 0 Å². The Morgan fingerprint density at radius 3 is 1.82 bits per heavy atom. The van der Waals surface area contributed by atoms with Crippen LogP contribution in [-0.2, 0) is 0 Å². The number of fused-ring (bicyclic) bond motifs is 10. The van der Waals surface area contributed by atoms with Crippen molar-refractivity contribution >= 4 is 84.8 Å². The lowest BCUT2D eigenvalue weighted by Gasteiger charge is -2.12. The predicted molar refractivity (Wildman–Crippen MR) is 242 cm³/mol. The van der Waals surface area contributed by atoms with Gasteiger partial charge in [-0.25, -0.2) is 15.0 Å². The second-order valence-electron chi connectivity index (χ2n) is 14.4. The van der Waals surface area contributed by atoms with Crippen LogP contribution in [0.4, 0.5) is 0 Å². The molecular formula is C51H30N4S2. The Morgan fingerprint density at radius 1 is 0.351 bits per heavy atom. The van der Waals surface area contributed by atoms with Gasteiger partial charge in [0.05, 0.1) is 11.0 Å². The highest BCUT2D eigenvalue weighted by Crippen LogP contribution is 2.44. The highest BCUT2D eigenvalue weighted by Gasteiger charge is 2.19. The number of para-hydroxylation sites is 1. The van der Waals surface area contributed by atoms with Crippen molar-refractivity contribution < 1.29 is 0 Å². The van der Waals surface area contributed by atoms with Crippen LogP contribution in [0, 0.1) is 0 Å². The zero-order valence-electron chi connectivity index (χ0n) is 30.4. The van der Waals surface area contributed by atoms with E-state index in [1.54, 1.807) is 11.3 Å². The van der Waals surface area contributed by atoms with Crippen molar-refractivity contribution in [2.24, 2.45) is 0 Å². The molecule has 12 aromatic rings. The molecule has 12 rings (SSSR count). The van der Waals surface area contributed by atoms with E-state index in [0.29, 0.717) is 17.5 Å². The fourth-order valence-electron chi connectivity index (χ4n) is 8.48. The number of benzene rings is 8. The third kappa shape index (κ3) is 5.15. The first-order valence-electron chi connectivity index (χ1n) is 19.0. The van der Waals surface area contributed by atoms with Gasteiger partial charge in [-0.3, -0.25) is 0 Å². The molecule has 0 spiro atoms. The molecule has 0 fully saturated rings. The normalized spacial score (nSPS) is 11.9. The maximum atomic E-state index is 5.22. The van der Waals surface area contributed by atoms with Crippen LogP contribution < -0.4 is 0 Å². The van der Waals surface area contributed by atoms with E-state index in [9.17, 15) is 0 Å². The standard InChI is InChI=1S/C51H30N4S2/c1-2-13-31(14-3-1)49-52-50(54-51(53-49)40-22-12-26-45-46(40)39-21-6-9-25-44(39)56-45)34-17-10-15-32(29-34)33-16-11-18-35(30-33)55-41-23-7-4-20-38(41)47-42(55)28-27-37-36-19-5-8-24-43(36)57-48(37)47/h1-30H. The Hall–Kier alpha value is -6.99. The molecule has 0 radical (unpaired) electrons. The second-order valence-corrected chi connectivity index (χ2v) is 16.5. The summed E-state index contributed by atoms with van der Waals surface area (Å²) < 4.78 is 7.54. The molecule has 0 amide bonds. The molecule has 6 heteroatoms. The van der Waals surface area contributed by atoms with Crippen LogP contribution in [-0.4, -0.2) is 19.5 Å². The summed E-state index contributed by atoms with van der Waals surface area (Å²) in [6.45, 7) is 0. The first-order valence-corrected chi connectivity index (χ1v) is 20.7. The summed E-state index contributed by atoms with van der Waals surface area (Å²) in [4.78, 5) is 15.4. The molecule has 0 bridgehead atoms. The summed E-state index contributed by atoms with van der Waals surface area (Å²) in [7, 11) is 0. The van der Waals surface area contributed by atoms with Crippen molar-refractivity contribution in [1.29, 1.82) is 0 Å². The number of hydrogen-bond donors (Lipinski definition) is 0. The topological polar surface area (TPSA) is 43.6 Å². The van der Waals surface area contributed by atoms with Crippen LogP contribution in [0.1, 0.15) is 0 Å². The summed E-state index contributed by atoms with van der Waals surface area (Å²) in [5, 5.41) is 7.60. The van der Waals surface area contributed by atoms with Gasteiger partial charge in [0.2, 0.25) is 0 Å². The first-order chi connectivity index (χ1) is 28.2. The maximum absolute atomic E-state index is 5.22. The van der Waals surface area contributed by atoms with Crippen LogP contribution in [0.5, 0.6) is 0 Å². The fraction of sp³-hybridized carbons (Fsp3) is 0. The Labute approximate surface area is 335 Å². The third-order valence-electron chi connectivity index (χ3n) is 11.0. The van der Waals surface area contributed by atoms with E-state index < -0.39 is 0 Å². The van der Waals surface area contributed by atoms with Crippen molar-refractivity contribution in [2.45, 2.75) is 0 Å². The Morgan fingerprint density at radius 2 is 0.965 bits per heavy atom. The quantitative estimate of drug-likeness (QED) is 0.175. The van der Waals surface area contributed by atoms with E-state index in [-0.39, 0.29) is 0 Å². The highest BCUT2D eigenvalue weighted by molar-refractivity contribution is 7.27. The smallest absolute Gasteiger partial charge is 0.164 e. The molecule has 0 aliphatic heterocycles. The van der Waals surface area contributed by atoms with E-state index in [2.05, 4.69) is 168 Å². The van der Waals surface area contributed by atoms with Gasteiger partial charge in [0.25, 0.3) is 0 Å². The molecule has 4 heterocycles. The molecule has 0 atom stereocenters. The molecule has 0 saturated carbocycles. The Bertz CT molecular complexity index is 3540. The van der Waals surface area contributed by atoms with E-state index in [1.165, 1.54) is 62.2 Å². The Balaban J connectivity index is 1.01. The van der Waals surface area contributed by atoms with Crippen molar-refractivity contribution in [3.63, 3.8) is 0 Å². The average Bonchev–Trinajstić information content (AvgIpc) is 3.96. The molecule has 8 aromatic carbocycles. The minimum atomic E-state index is 0.642. The molecular weight excluding hydrogens is 733 g/mol. The zero-order chi connectivity index (χ0) is 37.5. The molecule has 0 saturated heterocycles. The van der Waals surface area contributed by atoms with Gasteiger partial charge in [-0.1, -0.05) is 133 Å². The number of thiophene rings is 2. The van der Waals surface area contributed by atoms with Gasteiger partial charge < -0.3 is 4.57 Å². The summed E-state index contributed by atoms with van der Waals surface area (Å²) in [5.41, 5.74) is 8.64. The summed E-state index contributed by atoms with van der Waals surface area (Å²) >= 11 is 3.69. The largest absolute Gasteiger partial charge is 0.309 e. The average molecular weight is 763 g/mol. The maximum Gasteiger partial charge on any atom is 0.164 e. The number of hydrogen-bond acceptors (Lipinski definition) is 5. The zero-order valence-corrected chi connectivity index (χ0v) is 32.1. The van der Waals surface area contributed by atoms with E-state index >= 15 is 0 Å². The predicted octanol–water partition coefficient (Wildman–Crippen LogP) is 14.4. The monoisotopic (exact) mass is 762 g/mol. The van der Waals surface area contributed by atoms with Gasteiger partial charge in [-0.15, -0.1) is 22.7 Å². The van der Waals surface area contributed by atoms with E-state index in [1.807, 2.05) is 29.5 Å². The Kier molecular flexibility index (Phi) is 7.24. The van der Waals surface area contributed by atoms with Crippen molar-refractivity contribution in [3.8, 4) is 51.0 Å². The van der Waals surface area contributed by atoms with E-state index in [4.69, 9.17) is 15.0 Å². The third-order valence-corrected chi connectivity index (χ3v) is 13.4. The molecule has 0 aliphatic rings. The van der Waals surface area contributed by atoms with Crippen LogP contribution in [0.3, 0.4) is 0 Å². The molecule has 0 N–H and O–H groups in total. The lowest BCUT2D eigenvalue weighted by atomic mass is 10.0. The van der Waals surface area contributed by atoms with Crippen molar-refractivity contribution in [1.82, 2.24) is 19.5 Å². The summed E-state index contributed by atoms with van der Waals surface area (Å²) in [6, 6.07) is 64.8. The SMILES string of the molecule is c1ccc(-c2nc(-c3cccc(-c4cccc(-n5c6ccccc6c6c7sc8ccccc8c7ccc65)c4)c3)nc(-c3cccc4sc5ccccc5c34)n2)cc1. The fourth-order valence-corrected chi connectivity index (χ4v) is 10.9. The molecule has 266 valence electrons. The van der Waals surface area contributed by atoms with Gasteiger partial charge in [0, 0.05) is 73.5 Å². The first kappa shape index (κ1) is 32.3. The molecule has 0 aliphatic carbocycles. The van der Waals surface area contributed by atoms with Gasteiger partial charge in [0.15, 0.2) is 17.5 Å². The second kappa shape index (κ2) is 12.8. The number of aromatic nitrogens is 4. The van der Waals surface area contributed by atoms with Crippen LogP contribution in [0.15, 0.2) is 182 Å². The van der Waals surface area contributed by atoms with Crippen LogP contribution in [0.25, 0.3) is 113 Å². The van der Waals surface area contributed by atoms with Gasteiger partial charge in [-0.05, 0) is 59.7 Å². The van der Waals surface area contributed by atoms with E-state index in [0.717, 1.165) is 33.5 Å². The molecule has 4 aromatic heterocycles. The lowest BCUT2D eigenvalue weighted by Crippen LogP contribution is -2.00. The van der Waals surface area contributed by atoms with Crippen molar-refractivity contribution in [3.05, 3.63) is 182 Å². The number of nitrogens with zero attached hydrogens (tertiary/aromatic N) is 4.